The fraction of sp³-hybridized carbons (Fsp3) is 0.286. The maximum atomic E-state index is 12.3. The van der Waals surface area contributed by atoms with Gasteiger partial charge in [0.2, 0.25) is 0 Å². The molecule has 2 aromatic rings. The topological polar surface area (TPSA) is 67.2 Å². The molecular weight excluding hydrogens is 314 g/mol. The number of hydrogen-bond acceptors (Lipinski definition) is 4. The van der Waals surface area contributed by atoms with E-state index in [1.165, 1.54) is 11.1 Å². The van der Waals surface area contributed by atoms with Crippen LogP contribution in [0.2, 0.25) is 0 Å². The molecule has 3 rings (SSSR count). The Bertz CT molecular complexity index is 848. The van der Waals surface area contributed by atoms with Crippen LogP contribution in [-0.4, -0.2) is 11.8 Å². The van der Waals surface area contributed by atoms with Crippen LogP contribution < -0.4 is 0 Å². The van der Waals surface area contributed by atoms with Crippen molar-refractivity contribution in [2.45, 2.75) is 38.7 Å². The zero-order valence-electron chi connectivity index (χ0n) is 14.0. The van der Waals surface area contributed by atoms with Gasteiger partial charge in [0, 0.05) is 12.0 Å². The molecule has 0 bridgehead atoms. The SMILES string of the molecule is N#Cc1cccc(COC(=O)CCC(=O)c2ccc3c(c2)CCC3)c1. The van der Waals surface area contributed by atoms with Crippen LogP contribution >= 0.6 is 0 Å². The van der Waals surface area contributed by atoms with Crippen molar-refractivity contribution in [3.05, 3.63) is 70.3 Å². The van der Waals surface area contributed by atoms with E-state index in [0.717, 1.165) is 24.8 Å². The van der Waals surface area contributed by atoms with Gasteiger partial charge >= 0.3 is 5.97 Å². The van der Waals surface area contributed by atoms with Crippen molar-refractivity contribution in [3.8, 4) is 6.07 Å². The second-order valence-electron chi connectivity index (χ2n) is 6.23. The molecule has 25 heavy (non-hydrogen) atoms. The van der Waals surface area contributed by atoms with Crippen molar-refractivity contribution in [1.29, 1.82) is 5.26 Å². The third kappa shape index (κ3) is 4.33. The summed E-state index contributed by atoms with van der Waals surface area (Å²) in [4.78, 5) is 24.1. The van der Waals surface area contributed by atoms with Crippen molar-refractivity contribution < 1.29 is 14.3 Å². The third-order valence-corrected chi connectivity index (χ3v) is 4.43. The highest BCUT2D eigenvalue weighted by atomic mass is 16.5. The Morgan fingerprint density at radius 2 is 1.88 bits per heavy atom. The Morgan fingerprint density at radius 1 is 1.04 bits per heavy atom. The first kappa shape index (κ1) is 16.9. The van der Waals surface area contributed by atoms with Crippen LogP contribution in [0.3, 0.4) is 0 Å². The number of benzene rings is 2. The predicted octanol–water partition coefficient (Wildman–Crippen LogP) is 3.75. The van der Waals surface area contributed by atoms with Gasteiger partial charge in [0.1, 0.15) is 6.61 Å². The molecule has 0 N–H and O–H groups in total. The molecule has 0 saturated heterocycles. The number of nitrogens with zero attached hydrogens (tertiary/aromatic N) is 1. The number of fused-ring (bicyclic) bond motifs is 1. The molecular formula is C21H19NO3. The van der Waals surface area contributed by atoms with Gasteiger partial charge in [-0.25, -0.2) is 0 Å². The maximum absolute atomic E-state index is 12.3. The first-order chi connectivity index (χ1) is 12.2. The fourth-order valence-electron chi connectivity index (χ4n) is 3.07. The lowest BCUT2D eigenvalue weighted by Crippen LogP contribution is -2.08. The van der Waals surface area contributed by atoms with Gasteiger partial charge in [-0.2, -0.15) is 5.26 Å². The number of ether oxygens (including phenoxy) is 1. The van der Waals surface area contributed by atoms with E-state index in [1.807, 2.05) is 24.3 Å². The molecule has 1 aliphatic rings. The lowest BCUT2D eigenvalue weighted by molar-refractivity contribution is -0.144. The summed E-state index contributed by atoms with van der Waals surface area (Å²) in [5, 5.41) is 8.86. The summed E-state index contributed by atoms with van der Waals surface area (Å²) in [7, 11) is 0. The van der Waals surface area contributed by atoms with E-state index >= 15 is 0 Å². The molecule has 4 heteroatoms. The highest BCUT2D eigenvalue weighted by Gasteiger charge is 2.15. The third-order valence-electron chi connectivity index (χ3n) is 4.43. The molecule has 0 atom stereocenters. The second-order valence-corrected chi connectivity index (χ2v) is 6.23. The Hall–Kier alpha value is -2.93. The van der Waals surface area contributed by atoms with E-state index in [0.29, 0.717) is 11.1 Å². The fourth-order valence-corrected chi connectivity index (χ4v) is 3.07. The largest absolute Gasteiger partial charge is 0.461 e. The molecule has 2 aromatic carbocycles. The molecule has 0 fully saturated rings. The molecule has 0 heterocycles. The predicted molar refractivity (Wildman–Crippen MR) is 93.0 cm³/mol. The van der Waals surface area contributed by atoms with Crippen molar-refractivity contribution >= 4 is 11.8 Å². The zero-order valence-corrected chi connectivity index (χ0v) is 14.0. The lowest BCUT2D eigenvalue weighted by Gasteiger charge is -2.06. The number of esters is 1. The minimum atomic E-state index is -0.406. The molecule has 1 aliphatic carbocycles. The Balaban J connectivity index is 1.48. The van der Waals surface area contributed by atoms with Gasteiger partial charge in [-0.15, -0.1) is 0 Å². The van der Waals surface area contributed by atoms with E-state index in [-0.39, 0.29) is 25.2 Å². The van der Waals surface area contributed by atoms with Crippen molar-refractivity contribution in [3.63, 3.8) is 0 Å². The average molecular weight is 333 g/mol. The van der Waals surface area contributed by atoms with Gasteiger partial charge in [-0.05, 0) is 54.2 Å². The molecule has 4 nitrogen and oxygen atoms in total. The molecule has 0 saturated carbocycles. The smallest absolute Gasteiger partial charge is 0.306 e. The van der Waals surface area contributed by atoms with E-state index < -0.39 is 5.97 Å². The summed E-state index contributed by atoms with van der Waals surface area (Å²) in [6.45, 7) is 0.112. The average Bonchev–Trinajstić information content (AvgIpc) is 3.12. The standard InChI is InChI=1S/C21H19NO3/c22-13-15-3-1-4-16(11-15)14-25-21(24)10-9-20(23)19-8-7-17-5-2-6-18(17)12-19/h1,3-4,7-8,11-12H,2,5-6,9-10,14H2. The number of nitriles is 1. The highest BCUT2D eigenvalue weighted by molar-refractivity contribution is 5.97. The van der Waals surface area contributed by atoms with Crippen LogP contribution in [-0.2, 0) is 29.0 Å². The van der Waals surface area contributed by atoms with Gasteiger partial charge in [0.25, 0.3) is 0 Å². The maximum Gasteiger partial charge on any atom is 0.306 e. The number of Topliss-reactive ketones (excluding diaryl/α,β-unsaturated/α-hetero) is 1. The zero-order chi connectivity index (χ0) is 17.6. The van der Waals surface area contributed by atoms with Crippen LogP contribution in [0.4, 0.5) is 0 Å². The summed E-state index contributed by atoms with van der Waals surface area (Å²) in [6, 6.07) is 14.8. The minimum absolute atomic E-state index is 0.0295. The van der Waals surface area contributed by atoms with Gasteiger partial charge in [-0.1, -0.05) is 24.3 Å². The summed E-state index contributed by atoms with van der Waals surface area (Å²) in [5.74, 6) is -0.435. The Morgan fingerprint density at radius 3 is 2.72 bits per heavy atom. The first-order valence-electron chi connectivity index (χ1n) is 8.45. The number of ketones is 1. The number of aryl methyl sites for hydroxylation is 2. The van der Waals surface area contributed by atoms with Gasteiger partial charge in [-0.3, -0.25) is 9.59 Å². The second kappa shape index (κ2) is 7.76. The van der Waals surface area contributed by atoms with Crippen LogP contribution in [0.5, 0.6) is 0 Å². The van der Waals surface area contributed by atoms with Crippen LogP contribution in [0.1, 0.15) is 51.9 Å². The molecule has 0 aromatic heterocycles. The summed E-state index contributed by atoms with van der Waals surface area (Å²) < 4.78 is 5.19. The van der Waals surface area contributed by atoms with E-state index in [1.54, 1.807) is 24.3 Å². The van der Waals surface area contributed by atoms with Crippen LogP contribution in [0.15, 0.2) is 42.5 Å². The minimum Gasteiger partial charge on any atom is -0.461 e. The van der Waals surface area contributed by atoms with Crippen molar-refractivity contribution in [2.75, 3.05) is 0 Å². The summed E-state index contributed by atoms with van der Waals surface area (Å²) >= 11 is 0. The van der Waals surface area contributed by atoms with Gasteiger partial charge in [0.15, 0.2) is 5.78 Å². The molecule has 0 unspecified atom stereocenters. The van der Waals surface area contributed by atoms with E-state index in [2.05, 4.69) is 0 Å². The number of rotatable bonds is 6. The summed E-state index contributed by atoms with van der Waals surface area (Å²) in [5.41, 5.74) is 4.55. The lowest BCUT2D eigenvalue weighted by atomic mass is 10.0. The number of carbonyl (C=O) groups is 2. The van der Waals surface area contributed by atoms with E-state index in [4.69, 9.17) is 10.00 Å². The molecule has 0 spiro atoms. The van der Waals surface area contributed by atoms with Crippen molar-refractivity contribution in [2.24, 2.45) is 0 Å². The number of carbonyl (C=O) groups excluding carboxylic acids is 2. The highest BCUT2D eigenvalue weighted by Crippen LogP contribution is 2.23. The normalized spacial score (nSPS) is 12.3. The molecule has 0 aliphatic heterocycles. The van der Waals surface area contributed by atoms with Crippen LogP contribution in [0.25, 0.3) is 0 Å². The van der Waals surface area contributed by atoms with Crippen molar-refractivity contribution in [1.82, 2.24) is 0 Å². The Kier molecular flexibility index (Phi) is 5.25. The van der Waals surface area contributed by atoms with Crippen LogP contribution in [0, 0.1) is 11.3 Å². The first-order valence-corrected chi connectivity index (χ1v) is 8.45. The van der Waals surface area contributed by atoms with Gasteiger partial charge in [0.05, 0.1) is 18.1 Å². The molecule has 126 valence electrons. The molecule has 0 amide bonds. The summed E-state index contributed by atoms with van der Waals surface area (Å²) in [6.07, 6.45) is 3.47. The Labute approximate surface area is 147 Å². The number of hydrogen-bond donors (Lipinski definition) is 0. The monoisotopic (exact) mass is 333 g/mol. The molecule has 0 radical (unpaired) electrons. The quantitative estimate of drug-likeness (QED) is 0.596. The van der Waals surface area contributed by atoms with Gasteiger partial charge < -0.3 is 4.74 Å². The van der Waals surface area contributed by atoms with E-state index in [9.17, 15) is 9.59 Å².